The Bertz CT molecular complexity index is 528. The van der Waals surface area contributed by atoms with Crippen LogP contribution in [0.25, 0.3) is 0 Å². The summed E-state index contributed by atoms with van der Waals surface area (Å²) in [5.41, 5.74) is 5.33. The summed E-state index contributed by atoms with van der Waals surface area (Å²) in [5, 5.41) is 10.4. The van der Waals surface area contributed by atoms with Crippen molar-refractivity contribution in [2.75, 3.05) is 0 Å². The van der Waals surface area contributed by atoms with Crippen molar-refractivity contribution in [1.82, 2.24) is 4.98 Å². The third-order valence-corrected chi connectivity index (χ3v) is 4.03. The van der Waals surface area contributed by atoms with Crippen LogP contribution in [0.5, 0.6) is 0 Å². The third-order valence-electron chi connectivity index (χ3n) is 3.31. The van der Waals surface area contributed by atoms with Crippen LogP contribution in [0, 0.1) is 24.3 Å². The van der Waals surface area contributed by atoms with Gasteiger partial charge < -0.3 is 10.1 Å². The molecule has 2 nitrogen and oxygen atoms in total. The molecule has 0 aliphatic heterocycles. The van der Waals surface area contributed by atoms with Crippen molar-refractivity contribution < 1.29 is 5.11 Å². The lowest BCUT2D eigenvalue weighted by molar-refractivity contribution is 0.215. The zero-order valence-corrected chi connectivity index (χ0v) is 12.4. The molecule has 1 aromatic heterocycles. The quantitative estimate of drug-likeness (QED) is 0.804. The highest BCUT2D eigenvalue weighted by molar-refractivity contribution is 14.1. The monoisotopic (exact) mass is 341 g/mol. The fraction of sp³-hybridized carbons (Fsp3) is 0.286. The molecule has 0 radical (unpaired) electrons. The topological polar surface area (TPSA) is 36.0 Å². The summed E-state index contributed by atoms with van der Waals surface area (Å²) in [4.78, 5) is 3.27. The summed E-state index contributed by atoms with van der Waals surface area (Å²) < 4.78 is 1.18. The molecular formula is C14H16INO. The van der Waals surface area contributed by atoms with Crippen LogP contribution in [0.2, 0.25) is 0 Å². The molecule has 0 saturated carbocycles. The number of nitrogens with one attached hydrogen (secondary N) is 1. The van der Waals surface area contributed by atoms with Gasteiger partial charge in [-0.1, -0.05) is 12.1 Å². The second kappa shape index (κ2) is 4.82. The van der Waals surface area contributed by atoms with E-state index in [0.29, 0.717) is 0 Å². The third kappa shape index (κ3) is 2.40. The Balaban J connectivity index is 2.40. The Morgan fingerprint density at radius 3 is 2.12 bits per heavy atom. The van der Waals surface area contributed by atoms with Crippen molar-refractivity contribution in [1.29, 1.82) is 0 Å². The standard InChI is InChI=1S/C14H16INO/c1-8-9(2)13(16-10(8)3)14(17)11-4-6-12(15)7-5-11/h4-7,14,16-17H,1-3H3. The van der Waals surface area contributed by atoms with E-state index < -0.39 is 6.10 Å². The molecule has 0 amide bonds. The minimum absolute atomic E-state index is 0.570. The molecule has 3 heteroatoms. The van der Waals surface area contributed by atoms with Crippen molar-refractivity contribution in [3.8, 4) is 0 Å². The summed E-state index contributed by atoms with van der Waals surface area (Å²) >= 11 is 2.26. The average Bonchev–Trinajstić information content (AvgIpc) is 2.57. The summed E-state index contributed by atoms with van der Waals surface area (Å²) in [5.74, 6) is 0. The first-order chi connectivity index (χ1) is 8.00. The van der Waals surface area contributed by atoms with Gasteiger partial charge in [0.05, 0.1) is 5.69 Å². The fourth-order valence-corrected chi connectivity index (χ4v) is 2.32. The summed E-state index contributed by atoms with van der Waals surface area (Å²) in [6.45, 7) is 6.15. The smallest absolute Gasteiger partial charge is 0.119 e. The Morgan fingerprint density at radius 1 is 1.06 bits per heavy atom. The number of aromatic nitrogens is 1. The lowest BCUT2D eigenvalue weighted by atomic mass is 10.0. The molecule has 0 aliphatic rings. The van der Waals surface area contributed by atoms with Crippen LogP contribution in [-0.2, 0) is 0 Å². The number of benzene rings is 1. The predicted molar refractivity (Wildman–Crippen MR) is 78.2 cm³/mol. The Kier molecular flexibility index (Phi) is 3.58. The van der Waals surface area contributed by atoms with Crippen LogP contribution >= 0.6 is 22.6 Å². The fourth-order valence-electron chi connectivity index (χ4n) is 1.96. The second-order valence-corrected chi connectivity index (χ2v) is 5.61. The van der Waals surface area contributed by atoms with Gasteiger partial charge in [0.15, 0.2) is 0 Å². The van der Waals surface area contributed by atoms with Crippen LogP contribution in [0.1, 0.15) is 34.2 Å². The van der Waals surface area contributed by atoms with E-state index in [-0.39, 0.29) is 0 Å². The van der Waals surface area contributed by atoms with Gasteiger partial charge in [-0.2, -0.15) is 0 Å². The zero-order chi connectivity index (χ0) is 12.6. The number of hydrogen-bond donors (Lipinski definition) is 2. The summed E-state index contributed by atoms with van der Waals surface area (Å²) in [7, 11) is 0. The molecule has 17 heavy (non-hydrogen) atoms. The van der Waals surface area contributed by atoms with E-state index in [1.807, 2.05) is 38.1 Å². The van der Waals surface area contributed by atoms with Crippen LogP contribution < -0.4 is 0 Å². The van der Waals surface area contributed by atoms with Gasteiger partial charge in [0.25, 0.3) is 0 Å². The normalized spacial score (nSPS) is 12.8. The van der Waals surface area contributed by atoms with Gasteiger partial charge in [-0.25, -0.2) is 0 Å². The maximum absolute atomic E-state index is 10.4. The molecule has 2 aromatic rings. The first-order valence-corrected chi connectivity index (χ1v) is 6.67. The van der Waals surface area contributed by atoms with Crippen molar-refractivity contribution >= 4 is 22.6 Å². The average molecular weight is 341 g/mol. The number of aryl methyl sites for hydroxylation is 1. The van der Waals surface area contributed by atoms with Crippen molar-refractivity contribution in [2.24, 2.45) is 0 Å². The predicted octanol–water partition coefficient (Wildman–Crippen LogP) is 3.63. The first kappa shape index (κ1) is 12.6. The van der Waals surface area contributed by atoms with E-state index in [1.165, 1.54) is 9.13 Å². The van der Waals surface area contributed by atoms with Crippen LogP contribution in [0.15, 0.2) is 24.3 Å². The Morgan fingerprint density at radius 2 is 1.65 bits per heavy atom. The largest absolute Gasteiger partial charge is 0.382 e. The highest BCUT2D eigenvalue weighted by atomic mass is 127. The van der Waals surface area contributed by atoms with Gasteiger partial charge in [-0.3, -0.25) is 0 Å². The number of halogens is 1. The summed E-state index contributed by atoms with van der Waals surface area (Å²) in [6, 6.07) is 7.96. The number of rotatable bonds is 2. The molecular weight excluding hydrogens is 325 g/mol. The van der Waals surface area contributed by atoms with Crippen LogP contribution in [0.3, 0.4) is 0 Å². The molecule has 1 unspecified atom stereocenters. The number of aliphatic hydroxyl groups excluding tert-OH is 1. The Labute approximate surface area is 115 Å². The molecule has 90 valence electrons. The number of hydrogen-bond acceptors (Lipinski definition) is 1. The van der Waals surface area contributed by atoms with Gasteiger partial charge >= 0.3 is 0 Å². The zero-order valence-electron chi connectivity index (χ0n) is 10.2. The van der Waals surface area contributed by atoms with Gasteiger partial charge in [0.2, 0.25) is 0 Å². The molecule has 0 fully saturated rings. The molecule has 2 N–H and O–H groups in total. The van der Waals surface area contributed by atoms with Gasteiger partial charge in [0, 0.05) is 9.26 Å². The minimum atomic E-state index is -0.570. The molecule has 1 aromatic carbocycles. The first-order valence-electron chi connectivity index (χ1n) is 5.60. The van der Waals surface area contributed by atoms with E-state index in [9.17, 15) is 5.11 Å². The highest BCUT2D eigenvalue weighted by Crippen LogP contribution is 2.27. The molecule has 0 saturated heterocycles. The number of H-pyrrole nitrogens is 1. The van der Waals surface area contributed by atoms with Crippen molar-refractivity contribution in [3.05, 3.63) is 55.9 Å². The molecule has 0 bridgehead atoms. The molecule has 1 heterocycles. The maximum Gasteiger partial charge on any atom is 0.119 e. The number of aromatic amines is 1. The molecule has 1 atom stereocenters. The van der Waals surface area contributed by atoms with Crippen LogP contribution in [0.4, 0.5) is 0 Å². The molecule has 0 aliphatic carbocycles. The van der Waals surface area contributed by atoms with Gasteiger partial charge in [-0.05, 0) is 72.2 Å². The summed E-state index contributed by atoms with van der Waals surface area (Å²) in [6.07, 6.45) is -0.570. The van der Waals surface area contributed by atoms with E-state index in [1.54, 1.807) is 0 Å². The maximum atomic E-state index is 10.4. The van der Waals surface area contributed by atoms with E-state index in [0.717, 1.165) is 22.5 Å². The van der Waals surface area contributed by atoms with Gasteiger partial charge in [0.1, 0.15) is 6.10 Å². The van der Waals surface area contributed by atoms with Crippen LogP contribution in [-0.4, -0.2) is 10.1 Å². The SMILES string of the molecule is Cc1[nH]c(C(O)c2ccc(I)cc2)c(C)c1C. The lowest BCUT2D eigenvalue weighted by Gasteiger charge is -2.11. The van der Waals surface area contributed by atoms with E-state index >= 15 is 0 Å². The van der Waals surface area contributed by atoms with Gasteiger partial charge in [-0.15, -0.1) is 0 Å². The lowest BCUT2D eigenvalue weighted by Crippen LogP contribution is -2.02. The highest BCUT2D eigenvalue weighted by Gasteiger charge is 2.17. The van der Waals surface area contributed by atoms with Crippen molar-refractivity contribution in [2.45, 2.75) is 26.9 Å². The minimum Gasteiger partial charge on any atom is -0.382 e. The molecule has 2 rings (SSSR count). The van der Waals surface area contributed by atoms with Crippen molar-refractivity contribution in [3.63, 3.8) is 0 Å². The second-order valence-electron chi connectivity index (χ2n) is 4.37. The molecule has 0 spiro atoms. The van der Waals surface area contributed by atoms with E-state index in [4.69, 9.17) is 0 Å². The number of aliphatic hydroxyl groups is 1. The Hall–Kier alpha value is -0.810. The van der Waals surface area contributed by atoms with E-state index in [2.05, 4.69) is 34.5 Å².